The van der Waals surface area contributed by atoms with Crippen LogP contribution in [0.2, 0.25) is 0 Å². The van der Waals surface area contributed by atoms with Gasteiger partial charge in [-0.2, -0.15) is 0 Å². The summed E-state index contributed by atoms with van der Waals surface area (Å²) in [6.07, 6.45) is 4.78. The third-order valence-electron chi connectivity index (χ3n) is 5.74. The lowest BCUT2D eigenvalue weighted by Crippen LogP contribution is -2.46. The topological polar surface area (TPSA) is 54.8 Å². The minimum Gasteiger partial charge on any atom is -0.379 e. The lowest BCUT2D eigenvalue weighted by Gasteiger charge is -2.35. The van der Waals surface area contributed by atoms with Gasteiger partial charge < -0.3 is 9.75 Å². The zero-order valence-electron chi connectivity index (χ0n) is 15.7. The molecule has 3 heterocycles. The number of piperidine rings is 1. The molecule has 150 valence electrons. The average molecular weight is 466 g/mol. The van der Waals surface area contributed by atoms with Crippen molar-refractivity contribution in [3.63, 3.8) is 0 Å². The van der Waals surface area contributed by atoms with E-state index in [9.17, 15) is 9.59 Å². The van der Waals surface area contributed by atoms with E-state index >= 15 is 0 Å². The van der Waals surface area contributed by atoms with Gasteiger partial charge in [-0.15, -0.1) is 0 Å². The average Bonchev–Trinajstić information content (AvgIpc) is 3.06. The molecule has 2 saturated heterocycles. The molecule has 8 heteroatoms. The number of hydrogen-bond acceptors (Lipinski definition) is 6. The van der Waals surface area contributed by atoms with E-state index in [4.69, 9.17) is 4.74 Å². The van der Waals surface area contributed by atoms with Crippen molar-refractivity contribution in [2.45, 2.75) is 19.3 Å². The maximum absolute atomic E-state index is 12.7. The predicted octanol–water partition coefficient (Wildman–Crippen LogP) is 2.74. The van der Waals surface area contributed by atoms with Gasteiger partial charge in [0.25, 0.3) is 0 Å². The van der Waals surface area contributed by atoms with Crippen molar-refractivity contribution in [3.05, 3.63) is 31.8 Å². The van der Waals surface area contributed by atoms with Gasteiger partial charge in [0, 0.05) is 42.3 Å². The fourth-order valence-electron chi connectivity index (χ4n) is 4.14. The molecule has 4 rings (SSSR count). The zero-order chi connectivity index (χ0) is 19.5. The van der Waals surface area contributed by atoms with Crippen LogP contribution in [0.25, 0.3) is 16.3 Å². The Labute approximate surface area is 176 Å². The molecule has 0 aliphatic carbocycles. The summed E-state index contributed by atoms with van der Waals surface area (Å²) in [5.41, 5.74) is 1.53. The van der Waals surface area contributed by atoms with Crippen LogP contribution in [0, 0.1) is 5.92 Å². The Morgan fingerprint density at radius 3 is 2.68 bits per heavy atom. The van der Waals surface area contributed by atoms with Gasteiger partial charge in [-0.25, -0.2) is 9.47 Å². The third kappa shape index (κ3) is 4.11. The second kappa shape index (κ2) is 8.93. The van der Waals surface area contributed by atoms with Crippen molar-refractivity contribution in [1.82, 2.24) is 9.58 Å². The highest BCUT2D eigenvalue weighted by atomic mass is 79.9. The molecule has 0 bridgehead atoms. The second-order valence-corrected chi connectivity index (χ2v) is 9.24. The molecule has 28 heavy (non-hydrogen) atoms. The fraction of sp³-hybridized carbons (Fsp3) is 0.550. The highest BCUT2D eigenvalue weighted by Gasteiger charge is 2.24. The van der Waals surface area contributed by atoms with Crippen LogP contribution >= 0.6 is 27.3 Å². The van der Waals surface area contributed by atoms with Crippen LogP contribution < -0.4 is 9.88 Å². The predicted molar refractivity (Wildman–Crippen MR) is 116 cm³/mol. The van der Waals surface area contributed by atoms with Crippen LogP contribution in [0.4, 0.5) is 0 Å². The first-order chi connectivity index (χ1) is 13.7. The molecule has 0 spiro atoms. The van der Waals surface area contributed by atoms with Gasteiger partial charge in [-0.05, 0) is 43.9 Å². The van der Waals surface area contributed by atoms with Gasteiger partial charge in [0.15, 0.2) is 0 Å². The molecule has 0 atom stereocenters. The van der Waals surface area contributed by atoms with E-state index in [0.717, 1.165) is 79.0 Å². The lowest BCUT2D eigenvalue weighted by molar-refractivity contribution is 0.0348. The van der Waals surface area contributed by atoms with E-state index < -0.39 is 0 Å². The monoisotopic (exact) mass is 465 g/mol. The SMILES string of the molecule is O=C=Cc1c(Br)ccc2sc(=O)n(N3CCC(CCN4CCOCC4)CC3)c12. The van der Waals surface area contributed by atoms with E-state index in [2.05, 4.69) is 25.8 Å². The first-order valence-electron chi connectivity index (χ1n) is 9.77. The molecule has 0 radical (unpaired) electrons. The van der Waals surface area contributed by atoms with E-state index in [-0.39, 0.29) is 4.87 Å². The van der Waals surface area contributed by atoms with E-state index in [1.807, 2.05) is 18.1 Å². The van der Waals surface area contributed by atoms with E-state index in [0.29, 0.717) is 5.92 Å². The highest BCUT2D eigenvalue weighted by molar-refractivity contribution is 9.10. The molecule has 1 aromatic heterocycles. The minimum absolute atomic E-state index is 0.000385. The van der Waals surface area contributed by atoms with Crippen LogP contribution in [0.3, 0.4) is 0 Å². The number of thiazole rings is 1. The quantitative estimate of drug-likeness (QED) is 0.635. The number of fused-ring (bicyclic) bond motifs is 1. The van der Waals surface area contributed by atoms with Crippen molar-refractivity contribution < 1.29 is 9.53 Å². The molecular formula is C20H24BrN3O3S. The Balaban J connectivity index is 1.48. The summed E-state index contributed by atoms with van der Waals surface area (Å²) in [4.78, 5) is 26.2. The van der Waals surface area contributed by atoms with Crippen molar-refractivity contribution in [2.75, 3.05) is 50.9 Å². The van der Waals surface area contributed by atoms with Crippen LogP contribution in [0.5, 0.6) is 0 Å². The molecule has 2 aliphatic rings. The molecule has 1 aromatic carbocycles. The van der Waals surface area contributed by atoms with Gasteiger partial charge in [-0.3, -0.25) is 9.69 Å². The Morgan fingerprint density at radius 1 is 1.21 bits per heavy atom. The van der Waals surface area contributed by atoms with Crippen molar-refractivity contribution in [2.24, 2.45) is 5.92 Å². The van der Waals surface area contributed by atoms with Crippen molar-refractivity contribution in [1.29, 1.82) is 0 Å². The van der Waals surface area contributed by atoms with Gasteiger partial charge in [-0.1, -0.05) is 27.3 Å². The smallest absolute Gasteiger partial charge is 0.326 e. The highest BCUT2D eigenvalue weighted by Crippen LogP contribution is 2.30. The number of hydrogen-bond donors (Lipinski definition) is 0. The number of aromatic nitrogens is 1. The second-order valence-electron chi connectivity index (χ2n) is 7.39. The van der Waals surface area contributed by atoms with Crippen LogP contribution in [0.1, 0.15) is 24.8 Å². The zero-order valence-corrected chi connectivity index (χ0v) is 18.1. The van der Waals surface area contributed by atoms with Crippen LogP contribution in [0.15, 0.2) is 21.4 Å². The lowest BCUT2D eigenvalue weighted by atomic mass is 9.94. The Morgan fingerprint density at radius 2 is 1.96 bits per heavy atom. The summed E-state index contributed by atoms with van der Waals surface area (Å²) in [6, 6.07) is 3.81. The van der Waals surface area contributed by atoms with Crippen LogP contribution in [-0.2, 0) is 9.53 Å². The molecule has 0 amide bonds. The Bertz CT molecular complexity index is 936. The summed E-state index contributed by atoms with van der Waals surface area (Å²) in [6.45, 7) is 6.62. The summed E-state index contributed by atoms with van der Waals surface area (Å²) >= 11 is 4.73. The molecule has 6 nitrogen and oxygen atoms in total. The van der Waals surface area contributed by atoms with Crippen molar-refractivity contribution >= 4 is 49.5 Å². The fourth-order valence-corrected chi connectivity index (χ4v) is 5.49. The van der Waals surface area contributed by atoms with Gasteiger partial charge in [0.05, 0.1) is 23.4 Å². The number of nitrogens with zero attached hydrogens (tertiary/aromatic N) is 3. The largest absolute Gasteiger partial charge is 0.379 e. The normalized spacial score (nSPS) is 19.1. The first-order valence-corrected chi connectivity index (χ1v) is 11.4. The molecular weight excluding hydrogens is 442 g/mol. The van der Waals surface area contributed by atoms with Crippen molar-refractivity contribution in [3.8, 4) is 0 Å². The molecule has 0 N–H and O–H groups in total. The maximum Gasteiger partial charge on any atom is 0.326 e. The standard InChI is InChI=1S/C20H24BrN3O3S/c21-17-1-2-18-19(16(17)6-12-25)24(20(26)28-18)23-8-4-15(5-9-23)3-7-22-10-13-27-14-11-22/h1-2,6,15H,3-5,7-11,13-14H2. The van der Waals surface area contributed by atoms with E-state index in [1.165, 1.54) is 23.8 Å². The summed E-state index contributed by atoms with van der Waals surface area (Å²) < 4.78 is 8.88. The number of benzene rings is 1. The molecule has 2 aliphatic heterocycles. The first kappa shape index (κ1) is 19.9. The molecule has 0 unspecified atom stereocenters. The number of carbonyl (C=O) groups excluding carboxylic acids is 1. The summed E-state index contributed by atoms with van der Waals surface area (Å²) in [5, 5.41) is 2.14. The Hall–Kier alpha value is -1.44. The number of halogens is 1. The maximum atomic E-state index is 12.7. The number of ether oxygens (including phenoxy) is 1. The number of morpholine rings is 1. The van der Waals surface area contributed by atoms with Gasteiger partial charge >= 0.3 is 4.87 Å². The molecule has 0 saturated carbocycles. The van der Waals surface area contributed by atoms with Crippen LogP contribution in [-0.4, -0.2) is 61.5 Å². The number of rotatable bonds is 5. The summed E-state index contributed by atoms with van der Waals surface area (Å²) in [7, 11) is 0. The van der Waals surface area contributed by atoms with Gasteiger partial charge in [0.1, 0.15) is 5.94 Å². The van der Waals surface area contributed by atoms with Gasteiger partial charge in [0.2, 0.25) is 0 Å². The minimum atomic E-state index is 0.000385. The Kier molecular flexibility index (Phi) is 6.33. The molecule has 2 fully saturated rings. The molecule has 2 aromatic rings. The third-order valence-corrected chi connectivity index (χ3v) is 7.33. The summed E-state index contributed by atoms with van der Waals surface area (Å²) in [5.74, 6) is 2.56. The van der Waals surface area contributed by atoms with E-state index in [1.54, 1.807) is 4.68 Å².